The van der Waals surface area contributed by atoms with Crippen molar-refractivity contribution in [2.75, 3.05) is 0 Å². The van der Waals surface area contributed by atoms with Crippen LogP contribution in [0.5, 0.6) is 5.75 Å². The number of hydrogen-bond donors (Lipinski definition) is 1. The molecule has 0 radical (unpaired) electrons. The Bertz CT molecular complexity index is 449. The zero-order valence-corrected chi connectivity index (χ0v) is 11.0. The van der Waals surface area contributed by atoms with Gasteiger partial charge in [-0.1, -0.05) is 39.0 Å². The Labute approximate surface area is 104 Å². The Balaban J connectivity index is 2.16. The lowest BCUT2D eigenvalue weighted by Gasteiger charge is -2.48. The normalized spacial score (nSPS) is 38.5. The second kappa shape index (κ2) is 3.28. The van der Waals surface area contributed by atoms with E-state index < -0.39 is 0 Å². The number of fused-ring (bicyclic) bond motifs is 2. The van der Waals surface area contributed by atoms with Gasteiger partial charge in [-0.05, 0) is 42.6 Å². The molecule has 1 N–H and O–H groups in total. The highest BCUT2D eigenvalue weighted by molar-refractivity contribution is 5.42. The van der Waals surface area contributed by atoms with E-state index in [-0.39, 0.29) is 5.41 Å². The van der Waals surface area contributed by atoms with Gasteiger partial charge in [-0.3, -0.25) is 0 Å². The molecule has 3 atom stereocenters. The van der Waals surface area contributed by atoms with Gasteiger partial charge < -0.3 is 5.11 Å². The van der Waals surface area contributed by atoms with Gasteiger partial charge in [0.2, 0.25) is 0 Å². The molecule has 2 bridgehead atoms. The highest BCUT2D eigenvalue weighted by atomic mass is 16.3. The molecule has 1 aromatic carbocycles. The fraction of sp³-hybridized carbons (Fsp3) is 0.625. The molecular formula is C16H22O. The van der Waals surface area contributed by atoms with Gasteiger partial charge in [0.25, 0.3) is 0 Å². The number of rotatable bonds is 1. The first kappa shape index (κ1) is 11.1. The van der Waals surface area contributed by atoms with Gasteiger partial charge >= 0.3 is 0 Å². The zero-order valence-electron chi connectivity index (χ0n) is 11.0. The van der Waals surface area contributed by atoms with Crippen LogP contribution in [0.15, 0.2) is 24.3 Å². The summed E-state index contributed by atoms with van der Waals surface area (Å²) in [6.07, 6.45) is 4.05. The van der Waals surface area contributed by atoms with E-state index >= 15 is 0 Å². The SMILES string of the molecule is CC1(C)C2CCC(C2)C1(C)c1ccccc1O. The van der Waals surface area contributed by atoms with Gasteiger partial charge in [0, 0.05) is 11.0 Å². The van der Waals surface area contributed by atoms with Crippen LogP contribution in [-0.4, -0.2) is 5.11 Å². The van der Waals surface area contributed by atoms with Crippen molar-refractivity contribution in [1.29, 1.82) is 0 Å². The maximum absolute atomic E-state index is 10.2. The Kier molecular flexibility index (Phi) is 2.14. The Hall–Kier alpha value is -0.980. The molecule has 92 valence electrons. The van der Waals surface area contributed by atoms with Crippen molar-refractivity contribution in [1.82, 2.24) is 0 Å². The summed E-state index contributed by atoms with van der Waals surface area (Å²) in [5.74, 6) is 2.06. The van der Waals surface area contributed by atoms with Gasteiger partial charge in [0.15, 0.2) is 0 Å². The van der Waals surface area contributed by atoms with Gasteiger partial charge in [-0.25, -0.2) is 0 Å². The Morgan fingerprint density at radius 1 is 1.06 bits per heavy atom. The minimum atomic E-state index is 0.140. The van der Waals surface area contributed by atoms with Crippen LogP contribution in [0.3, 0.4) is 0 Å². The fourth-order valence-electron chi connectivity index (χ4n) is 4.59. The third kappa shape index (κ3) is 1.20. The van der Waals surface area contributed by atoms with Crippen LogP contribution in [0, 0.1) is 17.3 Å². The molecule has 0 aromatic heterocycles. The van der Waals surface area contributed by atoms with Crippen molar-refractivity contribution in [3.63, 3.8) is 0 Å². The van der Waals surface area contributed by atoms with Gasteiger partial charge in [0.1, 0.15) is 5.75 Å². The summed E-state index contributed by atoms with van der Waals surface area (Å²) in [7, 11) is 0. The summed E-state index contributed by atoms with van der Waals surface area (Å²) in [5, 5.41) is 10.2. The molecule has 1 nitrogen and oxygen atoms in total. The van der Waals surface area contributed by atoms with Gasteiger partial charge in [-0.15, -0.1) is 0 Å². The van der Waals surface area contributed by atoms with Crippen molar-refractivity contribution >= 4 is 0 Å². The summed E-state index contributed by atoms with van der Waals surface area (Å²) >= 11 is 0. The third-order valence-electron chi connectivity index (χ3n) is 6.07. The lowest BCUT2D eigenvalue weighted by atomic mass is 9.56. The van der Waals surface area contributed by atoms with Crippen LogP contribution < -0.4 is 0 Å². The molecule has 1 heteroatoms. The average Bonchev–Trinajstić information content (AvgIpc) is 2.83. The van der Waals surface area contributed by atoms with E-state index in [1.54, 1.807) is 0 Å². The summed E-state index contributed by atoms with van der Waals surface area (Å²) in [5.41, 5.74) is 1.60. The molecule has 2 fully saturated rings. The topological polar surface area (TPSA) is 20.2 Å². The highest BCUT2D eigenvalue weighted by Crippen LogP contribution is 2.67. The van der Waals surface area contributed by atoms with E-state index in [1.807, 2.05) is 12.1 Å². The number of phenolic OH excluding ortho intramolecular Hbond substituents is 1. The van der Waals surface area contributed by atoms with E-state index in [0.717, 1.165) is 17.4 Å². The van der Waals surface area contributed by atoms with Crippen LogP contribution in [0.4, 0.5) is 0 Å². The van der Waals surface area contributed by atoms with Crippen molar-refractivity contribution in [2.24, 2.45) is 17.3 Å². The van der Waals surface area contributed by atoms with Crippen LogP contribution in [-0.2, 0) is 5.41 Å². The highest BCUT2D eigenvalue weighted by Gasteiger charge is 2.61. The maximum Gasteiger partial charge on any atom is 0.119 e. The molecule has 0 spiro atoms. The Morgan fingerprint density at radius 3 is 2.29 bits per heavy atom. The summed E-state index contributed by atoms with van der Waals surface area (Å²) < 4.78 is 0. The maximum atomic E-state index is 10.2. The van der Waals surface area contributed by atoms with Crippen LogP contribution in [0.1, 0.15) is 45.6 Å². The Morgan fingerprint density at radius 2 is 1.71 bits per heavy atom. The molecule has 1 aromatic rings. The minimum absolute atomic E-state index is 0.140. The number of para-hydroxylation sites is 1. The van der Waals surface area contributed by atoms with E-state index in [2.05, 4.69) is 32.9 Å². The summed E-state index contributed by atoms with van der Waals surface area (Å²) in [4.78, 5) is 0. The van der Waals surface area contributed by atoms with E-state index in [4.69, 9.17) is 0 Å². The fourth-order valence-corrected chi connectivity index (χ4v) is 4.59. The number of phenols is 1. The molecule has 3 rings (SSSR count). The first-order valence-electron chi connectivity index (χ1n) is 6.76. The average molecular weight is 230 g/mol. The van der Waals surface area contributed by atoms with Crippen molar-refractivity contribution in [3.8, 4) is 5.75 Å². The monoisotopic (exact) mass is 230 g/mol. The van der Waals surface area contributed by atoms with Crippen LogP contribution >= 0.6 is 0 Å². The molecule has 0 aliphatic heterocycles. The second-order valence-electron chi connectivity index (χ2n) is 6.65. The van der Waals surface area contributed by atoms with Gasteiger partial charge in [0.05, 0.1) is 0 Å². The predicted octanol–water partition coefficient (Wildman–Crippen LogP) is 4.11. The first-order chi connectivity index (χ1) is 7.98. The molecule has 0 amide bonds. The van der Waals surface area contributed by atoms with Gasteiger partial charge in [-0.2, -0.15) is 0 Å². The summed E-state index contributed by atoms with van der Waals surface area (Å²) in [6.45, 7) is 7.15. The van der Waals surface area contributed by atoms with Crippen LogP contribution in [0.25, 0.3) is 0 Å². The standard InChI is InChI=1S/C16H22O/c1-15(2)11-8-9-12(10-11)16(15,3)13-6-4-5-7-14(13)17/h4-7,11-12,17H,8-10H2,1-3H3. The second-order valence-corrected chi connectivity index (χ2v) is 6.65. The molecule has 3 unspecified atom stereocenters. The van der Waals surface area contributed by atoms with E-state index in [9.17, 15) is 5.11 Å². The summed E-state index contributed by atoms with van der Waals surface area (Å²) in [6, 6.07) is 7.94. The lowest BCUT2D eigenvalue weighted by Crippen LogP contribution is -2.44. The van der Waals surface area contributed by atoms with Crippen molar-refractivity contribution in [3.05, 3.63) is 29.8 Å². The van der Waals surface area contributed by atoms with Crippen LogP contribution in [0.2, 0.25) is 0 Å². The van der Waals surface area contributed by atoms with E-state index in [0.29, 0.717) is 11.2 Å². The largest absolute Gasteiger partial charge is 0.508 e. The third-order valence-corrected chi connectivity index (χ3v) is 6.07. The molecule has 0 saturated heterocycles. The van der Waals surface area contributed by atoms with E-state index in [1.165, 1.54) is 19.3 Å². The quantitative estimate of drug-likeness (QED) is 0.770. The first-order valence-corrected chi connectivity index (χ1v) is 6.76. The molecule has 2 saturated carbocycles. The molecule has 2 aliphatic carbocycles. The smallest absolute Gasteiger partial charge is 0.119 e. The number of aromatic hydroxyl groups is 1. The zero-order chi connectivity index (χ0) is 12.3. The molecular weight excluding hydrogens is 208 g/mol. The molecule has 0 heterocycles. The molecule has 17 heavy (non-hydrogen) atoms. The lowest BCUT2D eigenvalue weighted by molar-refractivity contribution is 0.0926. The number of benzene rings is 1. The molecule has 2 aliphatic rings. The minimum Gasteiger partial charge on any atom is -0.508 e. The van der Waals surface area contributed by atoms with Crippen molar-refractivity contribution < 1.29 is 5.11 Å². The van der Waals surface area contributed by atoms with Crippen molar-refractivity contribution in [2.45, 2.75) is 45.4 Å². The number of hydrogen-bond acceptors (Lipinski definition) is 1. The predicted molar refractivity (Wildman–Crippen MR) is 70.1 cm³/mol.